The number of hydrogen-bond donors (Lipinski definition) is 2. The zero-order valence-corrected chi connectivity index (χ0v) is 43.6. The average molecular weight is 981 g/mol. The van der Waals surface area contributed by atoms with E-state index in [0.29, 0.717) is 18.4 Å². The van der Waals surface area contributed by atoms with Gasteiger partial charge < -0.3 is 29.2 Å². The van der Waals surface area contributed by atoms with Crippen LogP contribution in [0, 0.1) is 13.8 Å². The largest absolute Gasteiger partial charge is 0.414 e. The molecule has 1 spiro atoms. The summed E-state index contributed by atoms with van der Waals surface area (Å²) < 4.78 is 63.6. The van der Waals surface area contributed by atoms with E-state index in [-0.39, 0.29) is 59.6 Å². The van der Waals surface area contributed by atoms with Crippen LogP contribution in [0.2, 0.25) is 36.3 Å². The van der Waals surface area contributed by atoms with E-state index in [1.165, 1.54) is 30.7 Å². The molecule has 0 radical (unpaired) electrons. The summed E-state index contributed by atoms with van der Waals surface area (Å²) in [6.07, 6.45) is 3.02. The van der Waals surface area contributed by atoms with E-state index in [9.17, 15) is 32.7 Å². The number of aliphatic hydroxyl groups excluding tert-OH is 1. The minimum atomic E-state index is -4.29. The van der Waals surface area contributed by atoms with E-state index < -0.39 is 86.1 Å². The number of aromatic nitrogens is 4. The van der Waals surface area contributed by atoms with Crippen LogP contribution < -0.4 is 28.2 Å². The van der Waals surface area contributed by atoms with E-state index in [0.717, 1.165) is 37.5 Å². The quantitative estimate of drug-likeness (QED) is 0.0438. The number of nitrogens with two attached hydrogens (primary N) is 1. The molecule has 3 N–H and O–H groups in total. The van der Waals surface area contributed by atoms with Gasteiger partial charge >= 0.3 is 11.4 Å². The molecule has 2 fully saturated rings. The van der Waals surface area contributed by atoms with E-state index in [4.69, 9.17) is 33.8 Å². The second-order valence-electron chi connectivity index (χ2n) is 21.0. The SMILES string of the molecule is Cc1cn([C@@H]2O[C@H](CO[Si](C)(C)C(C)(C)C)C3(OS(=O)(=O)C=C3N)[C@H]2O[Si](C)(C)C(C)(C)C)c(=O)n(CCCCCCCCCn2c(=O)c(C)cn([C@H]3C[C@H](N=[N+]=[N-])[C@@H](CO)O3)c2=O)c1=O. The first-order valence-corrected chi connectivity index (χ1v) is 30.2. The Hall–Kier alpha value is -3.65. The molecule has 2 aromatic rings. The Bertz CT molecular complexity index is 2540. The molecule has 5 heterocycles. The molecule has 0 aromatic carbocycles. The van der Waals surface area contributed by atoms with Crippen molar-refractivity contribution in [2.75, 3.05) is 13.2 Å². The molecule has 0 aliphatic carbocycles. The van der Waals surface area contributed by atoms with Gasteiger partial charge in [-0.2, -0.15) is 8.42 Å². The van der Waals surface area contributed by atoms with Gasteiger partial charge in [0.1, 0.15) is 18.4 Å². The topological polar surface area (TPSA) is 263 Å². The van der Waals surface area contributed by atoms with Crippen molar-refractivity contribution in [2.45, 2.75) is 199 Å². The Morgan fingerprint density at radius 3 is 1.82 bits per heavy atom. The van der Waals surface area contributed by atoms with Crippen molar-refractivity contribution in [1.29, 1.82) is 0 Å². The van der Waals surface area contributed by atoms with Crippen molar-refractivity contribution in [3.63, 3.8) is 0 Å². The van der Waals surface area contributed by atoms with Crippen LogP contribution in [0.4, 0.5) is 0 Å². The highest BCUT2D eigenvalue weighted by Crippen LogP contribution is 2.52. The lowest BCUT2D eigenvalue weighted by Gasteiger charge is -2.43. The fraction of sp³-hybridized carbons (Fsp3) is 0.767. The molecule has 7 atom stereocenters. The fourth-order valence-electron chi connectivity index (χ4n) is 8.18. The summed E-state index contributed by atoms with van der Waals surface area (Å²) >= 11 is 0. The minimum absolute atomic E-state index is 0.0875. The number of hydrogen-bond acceptors (Lipinski definition) is 14. The van der Waals surface area contributed by atoms with Gasteiger partial charge in [-0.05, 0) is 68.5 Å². The van der Waals surface area contributed by atoms with Crippen molar-refractivity contribution in [2.24, 2.45) is 10.8 Å². The van der Waals surface area contributed by atoms with Crippen LogP contribution in [0.3, 0.4) is 0 Å². The first-order valence-electron chi connectivity index (χ1n) is 22.9. The third-order valence-corrected chi connectivity index (χ3v) is 24.2. The summed E-state index contributed by atoms with van der Waals surface area (Å²) in [5, 5.41) is 13.7. The Balaban J connectivity index is 1.28. The number of unbranched alkanes of at least 4 members (excludes halogenated alkanes) is 6. The summed E-state index contributed by atoms with van der Waals surface area (Å²) in [6.45, 7) is 23.6. The Labute approximate surface area is 389 Å². The second kappa shape index (κ2) is 20.1. The lowest BCUT2D eigenvalue weighted by molar-refractivity contribution is -0.0567. The summed E-state index contributed by atoms with van der Waals surface area (Å²) in [5.41, 5.74) is 12.2. The zero-order valence-electron chi connectivity index (χ0n) is 40.7. The smallest absolute Gasteiger partial charge is 0.333 e. The Morgan fingerprint density at radius 2 is 1.35 bits per heavy atom. The molecular weight excluding hydrogens is 909 g/mol. The van der Waals surface area contributed by atoms with Crippen molar-refractivity contribution in [1.82, 2.24) is 18.3 Å². The van der Waals surface area contributed by atoms with E-state index >= 15 is 0 Å². The molecule has 5 rings (SSSR count). The van der Waals surface area contributed by atoms with Gasteiger partial charge in [-0.3, -0.25) is 27.9 Å². The third kappa shape index (κ3) is 10.9. The zero-order chi connectivity index (χ0) is 49.4. The molecule has 0 saturated carbocycles. The first kappa shape index (κ1) is 53.3. The highest BCUT2D eigenvalue weighted by molar-refractivity contribution is 7.90. The van der Waals surface area contributed by atoms with Crippen LogP contribution in [-0.4, -0.2) is 91.6 Å². The summed E-state index contributed by atoms with van der Waals surface area (Å²) in [5.74, 6) is 0. The van der Waals surface area contributed by atoms with Crippen LogP contribution in [0.15, 0.2) is 47.8 Å². The van der Waals surface area contributed by atoms with Crippen LogP contribution in [-0.2, 0) is 45.7 Å². The van der Waals surface area contributed by atoms with Gasteiger partial charge in [0.25, 0.3) is 21.2 Å². The van der Waals surface area contributed by atoms with Gasteiger partial charge in [-0.1, -0.05) is 78.8 Å². The molecule has 23 heteroatoms. The molecule has 370 valence electrons. The summed E-state index contributed by atoms with van der Waals surface area (Å²) in [4.78, 5) is 57.3. The van der Waals surface area contributed by atoms with Gasteiger partial charge in [-0.25, -0.2) is 13.8 Å². The molecule has 3 aliphatic heterocycles. The Morgan fingerprint density at radius 1 is 0.848 bits per heavy atom. The molecule has 66 heavy (non-hydrogen) atoms. The van der Waals surface area contributed by atoms with Crippen LogP contribution in [0.25, 0.3) is 10.4 Å². The molecule has 0 amide bonds. The molecule has 1 unspecified atom stereocenters. The fourth-order valence-corrected chi connectivity index (χ4v) is 11.7. The van der Waals surface area contributed by atoms with E-state index in [2.05, 4.69) is 43.9 Å². The monoisotopic (exact) mass is 980 g/mol. The molecule has 3 aliphatic rings. The second-order valence-corrected chi connectivity index (χ2v) is 32.0. The lowest BCUT2D eigenvalue weighted by Crippen LogP contribution is -2.59. The summed E-state index contributed by atoms with van der Waals surface area (Å²) in [6, 6.07) is -0.643. The third-order valence-electron chi connectivity index (χ3n) is 14.2. The van der Waals surface area contributed by atoms with Crippen LogP contribution in [0.1, 0.15) is 116 Å². The highest BCUT2D eigenvalue weighted by Gasteiger charge is 2.67. The van der Waals surface area contributed by atoms with Gasteiger partial charge in [0.2, 0.25) is 0 Å². The number of nitrogens with zero attached hydrogens (tertiary/aromatic N) is 7. The van der Waals surface area contributed by atoms with Crippen LogP contribution >= 0.6 is 0 Å². The number of rotatable bonds is 19. The van der Waals surface area contributed by atoms with Gasteiger partial charge in [0, 0.05) is 47.9 Å². The van der Waals surface area contributed by atoms with E-state index in [1.54, 1.807) is 13.8 Å². The molecule has 20 nitrogen and oxygen atoms in total. The van der Waals surface area contributed by atoms with Gasteiger partial charge in [0.05, 0.1) is 36.5 Å². The number of aryl methyl sites for hydroxylation is 2. The maximum absolute atomic E-state index is 14.5. The maximum Gasteiger partial charge on any atom is 0.333 e. The van der Waals surface area contributed by atoms with E-state index in [1.807, 2.05) is 33.9 Å². The summed E-state index contributed by atoms with van der Waals surface area (Å²) in [7, 11) is -9.50. The van der Waals surface area contributed by atoms with Gasteiger partial charge in [0.15, 0.2) is 28.5 Å². The van der Waals surface area contributed by atoms with Crippen molar-refractivity contribution in [3.05, 3.63) is 86.7 Å². The molecule has 2 saturated heterocycles. The standard InChI is InChI=1S/C43H72N8O12SSi2/c1-28-23-50(34-22-30(46-47-45)31(25-52)60-34)39(55)48(36(28)53)20-18-16-14-13-15-17-19-21-49-37(54)29(2)24-51(40(49)56)38-35(62-66(11,12)42(6,7)8)43(32(44)27-64(57,58)63-43)33(61-38)26-59-65(9,10)41(3,4)5/h23-24,27,30-31,33-35,38,52H,13-22,25-26,44H2,1-12H3/t30-,31+,33+,34+,35-,38+,43?/m0/s1. The molecule has 2 aromatic heterocycles. The predicted molar refractivity (Wildman–Crippen MR) is 254 cm³/mol. The van der Waals surface area contributed by atoms with Crippen molar-refractivity contribution in [3.8, 4) is 0 Å². The number of aliphatic hydroxyl groups is 1. The van der Waals surface area contributed by atoms with Gasteiger partial charge in [-0.15, -0.1) is 0 Å². The predicted octanol–water partition coefficient (Wildman–Crippen LogP) is 5.55. The normalized spacial score (nSPS) is 25.7. The van der Waals surface area contributed by atoms with Crippen LogP contribution in [0.5, 0.6) is 0 Å². The average Bonchev–Trinajstić information content (AvgIpc) is 3.83. The Kier molecular flexibility index (Phi) is 16.3. The lowest BCUT2D eigenvalue weighted by atomic mass is 9.89. The first-order chi connectivity index (χ1) is 30.5. The minimum Gasteiger partial charge on any atom is -0.414 e. The van der Waals surface area contributed by atoms with Crippen molar-refractivity contribution >= 4 is 26.8 Å². The molecule has 0 bridgehead atoms. The number of azide groups is 1. The highest BCUT2D eigenvalue weighted by atomic mass is 32.2. The maximum atomic E-state index is 14.5. The number of ether oxygens (including phenoxy) is 2. The molecular formula is C43H72N8O12SSi2. The van der Waals surface area contributed by atoms with Crippen molar-refractivity contribution < 1.29 is 36.0 Å².